The summed E-state index contributed by atoms with van der Waals surface area (Å²) >= 11 is 0. The molecule has 7 nitrogen and oxygen atoms in total. The van der Waals surface area contributed by atoms with E-state index in [0.29, 0.717) is 36.9 Å². The molecule has 1 aromatic carbocycles. The third-order valence-corrected chi connectivity index (χ3v) is 3.90. The van der Waals surface area contributed by atoms with E-state index in [-0.39, 0.29) is 41.8 Å². The number of halogens is 2. The maximum absolute atomic E-state index is 13.3. The highest BCUT2D eigenvalue weighted by Crippen LogP contribution is 2.14. The maximum atomic E-state index is 13.3. The maximum Gasteiger partial charge on any atom is 0.252 e. The molecule has 0 bridgehead atoms. The lowest BCUT2D eigenvalue weighted by Crippen LogP contribution is -2.44. The van der Waals surface area contributed by atoms with E-state index in [1.807, 2.05) is 6.92 Å². The average molecular weight is 515 g/mol. The molecule has 0 fully saturated rings. The van der Waals surface area contributed by atoms with Gasteiger partial charge in [-0.3, -0.25) is 14.8 Å². The summed E-state index contributed by atoms with van der Waals surface area (Å²) in [5.41, 5.74) is 0.519. The van der Waals surface area contributed by atoms with Gasteiger partial charge in [-0.2, -0.15) is 0 Å². The van der Waals surface area contributed by atoms with Crippen molar-refractivity contribution in [3.8, 4) is 5.75 Å². The van der Waals surface area contributed by atoms with Crippen molar-refractivity contribution in [1.82, 2.24) is 20.9 Å². The number of ether oxygens (including phenoxy) is 1. The molecule has 158 valence electrons. The highest BCUT2D eigenvalue weighted by Gasteiger charge is 2.10. The van der Waals surface area contributed by atoms with Crippen molar-refractivity contribution in [3.05, 3.63) is 60.2 Å². The lowest BCUT2D eigenvalue weighted by atomic mass is 10.2. The first-order valence-electron chi connectivity index (χ1n) is 9.17. The zero-order valence-electron chi connectivity index (χ0n) is 16.5. The Morgan fingerprint density at radius 3 is 2.66 bits per heavy atom. The Balaban J connectivity index is 0.00000420. The van der Waals surface area contributed by atoms with Crippen LogP contribution < -0.4 is 20.7 Å². The van der Waals surface area contributed by atoms with Gasteiger partial charge in [-0.15, -0.1) is 24.0 Å². The van der Waals surface area contributed by atoms with Crippen molar-refractivity contribution >= 4 is 35.8 Å². The molecule has 0 radical (unpaired) electrons. The molecule has 29 heavy (non-hydrogen) atoms. The normalized spacial score (nSPS) is 11.8. The number of benzene rings is 1. The molecule has 0 aliphatic heterocycles. The summed E-state index contributed by atoms with van der Waals surface area (Å²) in [6.45, 7) is 3.45. The van der Waals surface area contributed by atoms with Gasteiger partial charge in [0.25, 0.3) is 5.91 Å². The summed E-state index contributed by atoms with van der Waals surface area (Å²) in [6.07, 6.45) is 3.76. The van der Waals surface area contributed by atoms with Crippen LogP contribution in [0.3, 0.4) is 0 Å². The van der Waals surface area contributed by atoms with Crippen molar-refractivity contribution in [2.45, 2.75) is 19.4 Å². The second-order valence-corrected chi connectivity index (χ2v) is 5.98. The average Bonchev–Trinajstić information content (AvgIpc) is 2.72. The van der Waals surface area contributed by atoms with E-state index >= 15 is 0 Å². The molecular weight excluding hydrogens is 488 g/mol. The van der Waals surface area contributed by atoms with Gasteiger partial charge in [-0.05, 0) is 30.7 Å². The fraction of sp³-hybridized carbons (Fsp3) is 0.350. The van der Waals surface area contributed by atoms with Gasteiger partial charge >= 0.3 is 0 Å². The molecule has 0 spiro atoms. The van der Waals surface area contributed by atoms with Crippen LogP contribution in [0.25, 0.3) is 0 Å². The fourth-order valence-electron chi connectivity index (χ4n) is 2.39. The van der Waals surface area contributed by atoms with Gasteiger partial charge in [0.15, 0.2) is 5.96 Å². The third kappa shape index (κ3) is 9.07. The zero-order chi connectivity index (χ0) is 20.2. The number of amides is 1. The smallest absolute Gasteiger partial charge is 0.252 e. The monoisotopic (exact) mass is 515 g/mol. The molecule has 3 N–H and O–H groups in total. The molecule has 2 aromatic rings. The van der Waals surface area contributed by atoms with E-state index in [9.17, 15) is 9.18 Å². The predicted molar refractivity (Wildman–Crippen MR) is 122 cm³/mol. The Labute approximate surface area is 187 Å². The highest BCUT2D eigenvalue weighted by molar-refractivity contribution is 14.0. The van der Waals surface area contributed by atoms with Crippen molar-refractivity contribution in [2.24, 2.45) is 4.99 Å². The molecule has 1 atom stereocenters. The number of pyridine rings is 1. The minimum Gasteiger partial charge on any atom is -0.489 e. The van der Waals surface area contributed by atoms with Crippen LogP contribution in [0, 0.1) is 5.82 Å². The summed E-state index contributed by atoms with van der Waals surface area (Å²) in [4.78, 5) is 20.0. The number of aliphatic imine (C=N–C) groups is 1. The second-order valence-electron chi connectivity index (χ2n) is 5.98. The van der Waals surface area contributed by atoms with E-state index in [2.05, 4.69) is 25.9 Å². The quantitative estimate of drug-likeness (QED) is 0.207. The first kappa shape index (κ1) is 24.6. The summed E-state index contributed by atoms with van der Waals surface area (Å²) < 4.78 is 19.1. The topological polar surface area (TPSA) is 87.6 Å². The summed E-state index contributed by atoms with van der Waals surface area (Å²) in [7, 11) is 1.66. The fourth-order valence-corrected chi connectivity index (χ4v) is 2.39. The molecule has 1 unspecified atom stereocenters. The van der Waals surface area contributed by atoms with Gasteiger partial charge < -0.3 is 20.7 Å². The molecule has 0 saturated carbocycles. The summed E-state index contributed by atoms with van der Waals surface area (Å²) in [5.74, 6) is 0.588. The molecule has 0 aliphatic rings. The van der Waals surface area contributed by atoms with Crippen molar-refractivity contribution < 1.29 is 13.9 Å². The Morgan fingerprint density at radius 1 is 1.21 bits per heavy atom. The number of guanidine groups is 1. The third-order valence-electron chi connectivity index (χ3n) is 3.90. The van der Waals surface area contributed by atoms with Crippen LogP contribution in [-0.2, 0) is 0 Å². The van der Waals surface area contributed by atoms with E-state index in [0.717, 1.165) is 6.42 Å². The first-order chi connectivity index (χ1) is 13.6. The van der Waals surface area contributed by atoms with Crippen molar-refractivity contribution in [3.63, 3.8) is 0 Å². The largest absolute Gasteiger partial charge is 0.489 e. The van der Waals surface area contributed by atoms with Crippen LogP contribution in [0.2, 0.25) is 0 Å². The van der Waals surface area contributed by atoms with Gasteiger partial charge in [0.2, 0.25) is 0 Å². The Bertz CT molecular complexity index is 776. The number of rotatable bonds is 9. The van der Waals surface area contributed by atoms with Gasteiger partial charge in [-0.25, -0.2) is 4.39 Å². The van der Waals surface area contributed by atoms with E-state index in [4.69, 9.17) is 4.74 Å². The van der Waals surface area contributed by atoms with Crippen LogP contribution in [-0.4, -0.2) is 49.6 Å². The number of carbonyl (C=O) groups is 1. The zero-order valence-corrected chi connectivity index (χ0v) is 18.9. The van der Waals surface area contributed by atoms with Crippen LogP contribution in [0.5, 0.6) is 5.75 Å². The Kier molecular flexibility index (Phi) is 11.6. The SMILES string of the molecule is CCC(CNC(=NC)NCCNC(=O)c1cccnc1)Oc1cccc(F)c1.I. The number of carbonyl (C=O) groups excluding carboxylic acids is 1. The second kappa shape index (κ2) is 13.7. The van der Waals surface area contributed by atoms with Gasteiger partial charge in [0.05, 0.1) is 12.1 Å². The van der Waals surface area contributed by atoms with E-state index < -0.39 is 0 Å². The molecule has 1 amide bonds. The highest BCUT2D eigenvalue weighted by atomic mass is 127. The van der Waals surface area contributed by atoms with Crippen molar-refractivity contribution in [1.29, 1.82) is 0 Å². The van der Waals surface area contributed by atoms with Crippen molar-refractivity contribution in [2.75, 3.05) is 26.7 Å². The Morgan fingerprint density at radius 2 is 2.00 bits per heavy atom. The Hall–Kier alpha value is -2.43. The molecule has 2 rings (SSSR count). The number of hydrogen-bond acceptors (Lipinski definition) is 4. The molecule has 0 aliphatic carbocycles. The minimum absolute atomic E-state index is 0. The van der Waals surface area contributed by atoms with Gasteiger partial charge in [-0.1, -0.05) is 13.0 Å². The molecular formula is C20H27FIN5O2. The van der Waals surface area contributed by atoms with Crippen LogP contribution in [0.15, 0.2) is 53.8 Å². The molecule has 1 aromatic heterocycles. The van der Waals surface area contributed by atoms with E-state index in [1.54, 1.807) is 37.5 Å². The van der Waals surface area contributed by atoms with Crippen LogP contribution >= 0.6 is 24.0 Å². The number of nitrogens with one attached hydrogen (secondary N) is 3. The first-order valence-corrected chi connectivity index (χ1v) is 9.17. The van der Waals surface area contributed by atoms with Gasteiger partial charge in [0, 0.05) is 38.6 Å². The summed E-state index contributed by atoms with van der Waals surface area (Å²) in [5, 5.41) is 9.10. The summed E-state index contributed by atoms with van der Waals surface area (Å²) in [6, 6.07) is 9.51. The lowest BCUT2D eigenvalue weighted by molar-refractivity contribution is 0.0954. The number of nitrogens with zero attached hydrogens (tertiary/aromatic N) is 2. The van der Waals surface area contributed by atoms with Crippen LogP contribution in [0.4, 0.5) is 4.39 Å². The predicted octanol–water partition coefficient (Wildman–Crippen LogP) is 2.59. The molecule has 0 saturated heterocycles. The number of aromatic nitrogens is 1. The minimum atomic E-state index is -0.328. The lowest BCUT2D eigenvalue weighted by Gasteiger charge is -2.20. The van der Waals surface area contributed by atoms with Crippen LogP contribution in [0.1, 0.15) is 23.7 Å². The number of hydrogen-bond donors (Lipinski definition) is 3. The van der Waals surface area contributed by atoms with Gasteiger partial charge in [0.1, 0.15) is 17.7 Å². The standard InChI is InChI=1S/C20H26FN5O2.HI/c1-3-17(28-18-8-4-7-16(21)12-18)14-26-20(22-2)25-11-10-24-19(27)15-6-5-9-23-13-15;/h4-9,12-13,17H,3,10-11,14H2,1-2H3,(H,24,27)(H2,22,25,26);1H. The molecule has 1 heterocycles. The molecule has 9 heteroatoms. The van der Waals surface area contributed by atoms with E-state index in [1.165, 1.54) is 18.3 Å².